The number of hydrogen-bond donors (Lipinski definition) is 2. The van der Waals surface area contributed by atoms with Crippen LogP contribution in [-0.2, 0) is 9.59 Å². The van der Waals surface area contributed by atoms with E-state index in [4.69, 9.17) is 10.5 Å². The van der Waals surface area contributed by atoms with Gasteiger partial charge >= 0.3 is 6.18 Å². The molecule has 2 heterocycles. The Bertz CT molecular complexity index is 962. The standard InChI is InChI=1S/C23H29F3N4O3.C2H6/c1-3-22(4-2)11-19(31)30(21(27)29-22)12-13-9-15(13)20(32)28-16-10-18(23(24,25)26)33-17-8-6-5-7-14(16)17;1-2/h5-8,13,15-16,18H,3-4,9-12H2,1-2H3,(H2,27,29)(H,28,32);1-2H3/t13-,15?,16+,18?;/m1./s1. The highest BCUT2D eigenvalue weighted by molar-refractivity contribution is 5.99. The molecule has 3 aliphatic rings. The Morgan fingerprint density at radius 3 is 2.49 bits per heavy atom. The first kappa shape index (κ1) is 26.8. The number of nitrogens with two attached hydrogens (primary N) is 1. The summed E-state index contributed by atoms with van der Waals surface area (Å²) >= 11 is 0. The fourth-order valence-electron chi connectivity index (χ4n) is 4.74. The van der Waals surface area contributed by atoms with E-state index in [1.165, 1.54) is 11.0 Å². The third-order valence-corrected chi connectivity index (χ3v) is 7.10. The van der Waals surface area contributed by atoms with Crippen molar-refractivity contribution in [2.45, 2.75) is 83.7 Å². The Morgan fingerprint density at radius 1 is 1.23 bits per heavy atom. The van der Waals surface area contributed by atoms with Crippen LogP contribution < -0.4 is 15.8 Å². The summed E-state index contributed by atoms with van der Waals surface area (Å²) in [5, 5.41) is 2.78. The summed E-state index contributed by atoms with van der Waals surface area (Å²) in [5.41, 5.74) is 6.15. The summed E-state index contributed by atoms with van der Waals surface area (Å²) in [6.07, 6.45) is -4.65. The largest absolute Gasteiger partial charge is 0.480 e. The van der Waals surface area contributed by atoms with Crippen LogP contribution in [0.1, 0.15) is 71.4 Å². The number of nitrogens with one attached hydrogen (secondary N) is 1. The van der Waals surface area contributed by atoms with Gasteiger partial charge in [-0.3, -0.25) is 14.5 Å². The Labute approximate surface area is 204 Å². The minimum Gasteiger partial charge on any atom is -0.480 e. The molecule has 1 aromatic carbocycles. The van der Waals surface area contributed by atoms with E-state index in [0.29, 0.717) is 24.8 Å². The van der Waals surface area contributed by atoms with Crippen LogP contribution in [0.3, 0.4) is 0 Å². The molecule has 4 atom stereocenters. The highest BCUT2D eigenvalue weighted by Gasteiger charge is 2.49. The summed E-state index contributed by atoms with van der Waals surface area (Å²) in [5.74, 6) is -0.613. The number of carbonyl (C=O) groups excluding carboxylic acids is 2. The van der Waals surface area contributed by atoms with Crippen molar-refractivity contribution >= 4 is 17.8 Å². The molecule has 0 spiro atoms. The summed E-state index contributed by atoms with van der Waals surface area (Å²) in [7, 11) is 0. The van der Waals surface area contributed by atoms with Crippen LogP contribution in [0.4, 0.5) is 13.2 Å². The zero-order chi connectivity index (χ0) is 26.0. The highest BCUT2D eigenvalue weighted by Crippen LogP contribution is 2.43. The summed E-state index contributed by atoms with van der Waals surface area (Å²) in [4.78, 5) is 31.6. The van der Waals surface area contributed by atoms with Crippen molar-refractivity contribution in [3.05, 3.63) is 29.8 Å². The van der Waals surface area contributed by atoms with Gasteiger partial charge in [-0.05, 0) is 31.2 Å². The molecule has 2 aliphatic heterocycles. The molecule has 0 radical (unpaired) electrons. The quantitative estimate of drug-likeness (QED) is 0.613. The molecule has 3 N–H and O–H groups in total. The second-order valence-corrected chi connectivity index (χ2v) is 9.17. The van der Waals surface area contributed by atoms with E-state index in [2.05, 4.69) is 10.3 Å². The van der Waals surface area contributed by atoms with Crippen LogP contribution in [0.2, 0.25) is 0 Å². The molecule has 194 valence electrons. The van der Waals surface area contributed by atoms with E-state index in [9.17, 15) is 22.8 Å². The molecule has 2 amide bonds. The molecule has 10 heteroatoms. The van der Waals surface area contributed by atoms with E-state index < -0.39 is 23.9 Å². The van der Waals surface area contributed by atoms with Crippen molar-refractivity contribution in [2.24, 2.45) is 22.6 Å². The lowest BCUT2D eigenvalue weighted by Gasteiger charge is -2.36. The molecular formula is C25H35F3N4O3. The second-order valence-electron chi connectivity index (χ2n) is 9.17. The molecule has 1 aromatic rings. The summed E-state index contributed by atoms with van der Waals surface area (Å²) < 4.78 is 45.1. The monoisotopic (exact) mass is 496 g/mol. The minimum absolute atomic E-state index is 0.105. The smallest absolute Gasteiger partial charge is 0.425 e. The number of hydrogen-bond acceptors (Lipinski definition) is 5. The predicted octanol–water partition coefficient (Wildman–Crippen LogP) is 4.33. The first-order valence-electron chi connectivity index (χ1n) is 12.3. The zero-order valence-corrected chi connectivity index (χ0v) is 20.7. The molecule has 0 aromatic heterocycles. The molecule has 1 saturated carbocycles. The number of guanidine groups is 1. The van der Waals surface area contributed by atoms with Crippen molar-refractivity contribution in [2.75, 3.05) is 6.54 Å². The van der Waals surface area contributed by atoms with Gasteiger partial charge in [0.2, 0.25) is 11.8 Å². The first-order valence-corrected chi connectivity index (χ1v) is 12.3. The van der Waals surface area contributed by atoms with Crippen LogP contribution in [0.5, 0.6) is 5.75 Å². The van der Waals surface area contributed by atoms with Crippen molar-refractivity contribution < 1.29 is 27.5 Å². The normalized spacial score (nSPS) is 27.0. The van der Waals surface area contributed by atoms with Gasteiger partial charge < -0.3 is 15.8 Å². The number of fused-ring (bicyclic) bond motifs is 1. The maximum atomic E-state index is 13.3. The van der Waals surface area contributed by atoms with Gasteiger partial charge in [-0.15, -0.1) is 0 Å². The third-order valence-electron chi connectivity index (χ3n) is 7.10. The molecule has 1 fully saturated rings. The second kappa shape index (κ2) is 10.5. The van der Waals surface area contributed by atoms with Crippen molar-refractivity contribution in [1.29, 1.82) is 0 Å². The van der Waals surface area contributed by atoms with Crippen LogP contribution in [0.15, 0.2) is 29.3 Å². The maximum Gasteiger partial charge on any atom is 0.425 e. The fraction of sp³-hybridized carbons (Fsp3) is 0.640. The van der Waals surface area contributed by atoms with Crippen molar-refractivity contribution in [3.63, 3.8) is 0 Å². The van der Waals surface area contributed by atoms with Gasteiger partial charge in [0, 0.05) is 24.4 Å². The predicted molar refractivity (Wildman–Crippen MR) is 127 cm³/mol. The summed E-state index contributed by atoms with van der Waals surface area (Å²) in [6, 6.07) is 5.64. The molecule has 0 saturated heterocycles. The van der Waals surface area contributed by atoms with Crippen LogP contribution in [0, 0.1) is 11.8 Å². The Kier molecular flexibility index (Phi) is 8.01. The number of halogens is 3. The van der Waals surface area contributed by atoms with E-state index >= 15 is 0 Å². The van der Waals surface area contributed by atoms with E-state index in [1.54, 1.807) is 18.2 Å². The molecule has 7 nitrogen and oxygen atoms in total. The van der Waals surface area contributed by atoms with Crippen LogP contribution in [-0.4, -0.2) is 47.0 Å². The third kappa shape index (κ3) is 5.73. The first-order chi connectivity index (χ1) is 16.6. The lowest BCUT2D eigenvalue weighted by Crippen LogP contribution is -2.52. The van der Waals surface area contributed by atoms with Crippen LogP contribution >= 0.6 is 0 Å². The topological polar surface area (TPSA) is 97.0 Å². The number of nitrogens with zero attached hydrogens (tertiary/aromatic N) is 2. The minimum atomic E-state index is -4.53. The van der Waals surface area contributed by atoms with E-state index in [-0.39, 0.29) is 54.7 Å². The van der Waals surface area contributed by atoms with Gasteiger partial charge in [0.05, 0.1) is 18.0 Å². The van der Waals surface area contributed by atoms with E-state index in [1.807, 2.05) is 27.7 Å². The van der Waals surface area contributed by atoms with Crippen molar-refractivity contribution in [3.8, 4) is 5.75 Å². The number of amides is 2. The number of ether oxygens (including phenoxy) is 1. The van der Waals surface area contributed by atoms with Gasteiger partial charge in [0.15, 0.2) is 12.1 Å². The zero-order valence-electron chi connectivity index (χ0n) is 20.7. The lowest BCUT2D eigenvalue weighted by molar-refractivity contribution is -0.201. The SMILES string of the molecule is CC.CCC1(CC)CC(=O)N(C[C@H]2CC2C(=O)N[C@H]2CC(C(F)(F)F)Oc3ccccc32)C(N)=N1. The average molecular weight is 497 g/mol. The molecular weight excluding hydrogens is 461 g/mol. The fourth-order valence-corrected chi connectivity index (χ4v) is 4.74. The van der Waals surface area contributed by atoms with Gasteiger partial charge in [-0.25, -0.2) is 4.99 Å². The van der Waals surface area contributed by atoms with E-state index in [0.717, 1.165) is 0 Å². The van der Waals surface area contributed by atoms with Crippen molar-refractivity contribution in [1.82, 2.24) is 10.2 Å². The number of rotatable bonds is 6. The molecule has 1 aliphatic carbocycles. The average Bonchev–Trinajstić information content (AvgIpc) is 3.61. The molecule has 0 bridgehead atoms. The Balaban J connectivity index is 0.00000167. The Hall–Kier alpha value is -2.78. The van der Waals surface area contributed by atoms with Gasteiger partial charge in [0.1, 0.15) is 5.75 Å². The number of aliphatic imine (C=N–C) groups is 1. The Morgan fingerprint density at radius 2 is 1.89 bits per heavy atom. The van der Waals surface area contributed by atoms with Gasteiger partial charge in [0.25, 0.3) is 0 Å². The highest BCUT2D eigenvalue weighted by atomic mass is 19.4. The molecule has 2 unspecified atom stereocenters. The lowest BCUT2D eigenvalue weighted by atomic mass is 9.88. The van der Waals surface area contributed by atoms with Gasteiger partial charge in [-0.1, -0.05) is 45.9 Å². The molecule has 35 heavy (non-hydrogen) atoms. The van der Waals surface area contributed by atoms with Gasteiger partial charge in [-0.2, -0.15) is 13.2 Å². The number of carbonyl (C=O) groups is 2. The number of benzene rings is 1. The van der Waals surface area contributed by atoms with Crippen LogP contribution in [0.25, 0.3) is 0 Å². The molecule has 4 rings (SSSR count). The maximum absolute atomic E-state index is 13.3. The summed E-state index contributed by atoms with van der Waals surface area (Å²) in [6.45, 7) is 8.23. The number of para-hydroxylation sites is 1. The number of alkyl halides is 3.